The normalized spacial score (nSPS) is 15.7. The zero-order valence-corrected chi connectivity index (χ0v) is 13.4. The summed E-state index contributed by atoms with van der Waals surface area (Å²) in [6.45, 7) is 4.82. The third-order valence-electron chi connectivity index (χ3n) is 3.31. The summed E-state index contributed by atoms with van der Waals surface area (Å²) in [5, 5.41) is 11.3. The zero-order valence-electron chi connectivity index (χ0n) is 13.4. The van der Waals surface area contributed by atoms with Crippen molar-refractivity contribution in [2.24, 2.45) is 0 Å². The van der Waals surface area contributed by atoms with E-state index in [1.54, 1.807) is 0 Å². The van der Waals surface area contributed by atoms with Gasteiger partial charge in [-0.15, -0.1) is 0 Å². The van der Waals surface area contributed by atoms with Gasteiger partial charge in [0.2, 0.25) is 0 Å². The molecule has 0 atom stereocenters. The first-order valence-corrected chi connectivity index (χ1v) is 7.76. The maximum Gasteiger partial charge on any atom is 0.303 e. The van der Waals surface area contributed by atoms with E-state index in [1.165, 1.54) is 5.56 Å². The molecular weight excluding hydrogens is 278 g/mol. The molecule has 0 saturated carbocycles. The fourth-order valence-electron chi connectivity index (χ4n) is 2.02. The maximum absolute atomic E-state index is 11.2. The molecule has 1 heterocycles. The minimum absolute atomic E-state index is 0.316. The Morgan fingerprint density at radius 1 is 1.32 bits per heavy atom. The van der Waals surface area contributed by atoms with Crippen LogP contribution in [0, 0.1) is 6.92 Å². The highest BCUT2D eigenvalue weighted by atomic mass is 16.4. The van der Waals surface area contributed by atoms with Gasteiger partial charge in [0.05, 0.1) is 0 Å². The van der Waals surface area contributed by atoms with E-state index in [-0.39, 0.29) is 0 Å². The minimum atomic E-state index is -0.693. The molecule has 2 rings (SSSR count). The monoisotopic (exact) mass is 303 g/mol. The molecule has 1 aliphatic heterocycles. The highest BCUT2D eigenvalue weighted by Crippen LogP contribution is 2.12. The van der Waals surface area contributed by atoms with Crippen LogP contribution in [0.1, 0.15) is 50.2 Å². The van der Waals surface area contributed by atoms with E-state index in [2.05, 4.69) is 42.6 Å². The predicted octanol–water partition coefficient (Wildman–Crippen LogP) is 3.55. The molecule has 4 heteroatoms. The molecule has 2 N–H and O–H groups in total. The molecule has 1 fully saturated rings. The number of ketones is 1. The van der Waals surface area contributed by atoms with Gasteiger partial charge in [-0.2, -0.15) is 0 Å². The lowest BCUT2D eigenvalue weighted by molar-refractivity contribution is -0.137. The number of hydrogen-bond acceptors (Lipinski definition) is 3. The molecule has 4 nitrogen and oxygen atoms in total. The third kappa shape index (κ3) is 7.62. The molecule has 0 unspecified atom stereocenters. The number of aryl methyl sites for hydroxylation is 1. The van der Waals surface area contributed by atoms with Crippen LogP contribution in [0.4, 0.5) is 0 Å². The van der Waals surface area contributed by atoms with Crippen LogP contribution in [0.3, 0.4) is 0 Å². The molecule has 120 valence electrons. The summed E-state index contributed by atoms with van der Waals surface area (Å²) in [6.07, 6.45) is 5.34. The van der Waals surface area contributed by atoms with E-state index < -0.39 is 5.97 Å². The summed E-state index contributed by atoms with van der Waals surface area (Å²) in [5.41, 5.74) is 3.44. The lowest BCUT2D eigenvalue weighted by Gasteiger charge is -2.15. The van der Waals surface area contributed by atoms with Crippen molar-refractivity contribution in [1.29, 1.82) is 0 Å². The van der Waals surface area contributed by atoms with Crippen LogP contribution in [0.15, 0.2) is 30.0 Å². The van der Waals surface area contributed by atoms with E-state index >= 15 is 0 Å². The van der Waals surface area contributed by atoms with Crippen LogP contribution in [-0.2, 0) is 9.59 Å². The standard InChI is InChI=1S/C13H15NO.C5H10O2/c1-10-2-4-11(5-3-10)8-12-9-13(15)6-7-14-12;1-2-3-4-5(6)7/h2-5,8,14H,6-7,9H2,1H3;2-4H2,1H3,(H,6,7). The van der Waals surface area contributed by atoms with Gasteiger partial charge in [0.1, 0.15) is 5.78 Å². The summed E-state index contributed by atoms with van der Waals surface area (Å²) in [7, 11) is 0. The Bertz CT molecular complexity index is 518. The Morgan fingerprint density at radius 2 is 2.00 bits per heavy atom. The molecule has 0 bridgehead atoms. The van der Waals surface area contributed by atoms with Crippen molar-refractivity contribution in [3.8, 4) is 0 Å². The SMILES string of the molecule is CCCCC(=O)O.Cc1ccc(C=C2CC(=O)CCN2)cc1. The molecular formula is C18H25NO3. The average Bonchev–Trinajstić information content (AvgIpc) is 2.48. The number of piperidine rings is 1. The van der Waals surface area contributed by atoms with Crippen molar-refractivity contribution in [2.75, 3.05) is 6.54 Å². The molecule has 1 aromatic carbocycles. The molecule has 0 aromatic heterocycles. The molecule has 22 heavy (non-hydrogen) atoms. The maximum atomic E-state index is 11.2. The fourth-order valence-corrected chi connectivity index (χ4v) is 2.02. The highest BCUT2D eigenvalue weighted by molar-refractivity contribution is 5.83. The second-order valence-electron chi connectivity index (χ2n) is 5.47. The van der Waals surface area contributed by atoms with Crippen molar-refractivity contribution >= 4 is 17.8 Å². The van der Waals surface area contributed by atoms with Crippen molar-refractivity contribution in [1.82, 2.24) is 5.32 Å². The number of rotatable bonds is 4. The van der Waals surface area contributed by atoms with Gasteiger partial charge in [0.25, 0.3) is 0 Å². The minimum Gasteiger partial charge on any atom is -0.481 e. The number of carboxylic acid groups (broad SMARTS) is 1. The molecule has 0 spiro atoms. The highest BCUT2D eigenvalue weighted by Gasteiger charge is 2.11. The third-order valence-corrected chi connectivity index (χ3v) is 3.31. The number of hydrogen-bond donors (Lipinski definition) is 2. The number of carbonyl (C=O) groups is 2. The number of nitrogens with one attached hydrogen (secondary N) is 1. The second kappa shape index (κ2) is 9.77. The number of carboxylic acids is 1. The summed E-state index contributed by atoms with van der Waals surface area (Å²) in [6, 6.07) is 8.31. The first-order chi connectivity index (χ1) is 10.5. The Balaban J connectivity index is 0.000000295. The molecule has 1 aliphatic rings. The number of allylic oxidation sites excluding steroid dienone is 1. The van der Waals surface area contributed by atoms with Crippen LogP contribution < -0.4 is 5.32 Å². The first kappa shape index (κ1) is 18.0. The largest absolute Gasteiger partial charge is 0.481 e. The van der Waals surface area contributed by atoms with Crippen LogP contribution in [0.5, 0.6) is 0 Å². The van der Waals surface area contributed by atoms with E-state index in [0.29, 0.717) is 25.0 Å². The lowest BCUT2D eigenvalue weighted by Crippen LogP contribution is -2.25. The fraction of sp³-hybridized carbons (Fsp3) is 0.444. The van der Waals surface area contributed by atoms with Gasteiger partial charge < -0.3 is 10.4 Å². The number of aliphatic carboxylic acids is 1. The van der Waals surface area contributed by atoms with Gasteiger partial charge in [-0.3, -0.25) is 9.59 Å². The van der Waals surface area contributed by atoms with Crippen molar-refractivity contribution < 1.29 is 14.7 Å². The van der Waals surface area contributed by atoms with Crippen LogP contribution >= 0.6 is 0 Å². The van der Waals surface area contributed by atoms with E-state index in [0.717, 1.165) is 30.6 Å². The average molecular weight is 303 g/mol. The quantitative estimate of drug-likeness (QED) is 0.892. The van der Waals surface area contributed by atoms with E-state index in [9.17, 15) is 9.59 Å². The van der Waals surface area contributed by atoms with Crippen LogP contribution in [0.2, 0.25) is 0 Å². The Kier molecular flexibility index (Phi) is 7.97. The van der Waals surface area contributed by atoms with Crippen LogP contribution in [-0.4, -0.2) is 23.4 Å². The topological polar surface area (TPSA) is 66.4 Å². The van der Waals surface area contributed by atoms with Crippen molar-refractivity contribution in [3.05, 3.63) is 41.1 Å². The second-order valence-corrected chi connectivity index (χ2v) is 5.47. The summed E-state index contributed by atoms with van der Waals surface area (Å²) >= 11 is 0. The summed E-state index contributed by atoms with van der Waals surface area (Å²) in [5.74, 6) is -0.367. The van der Waals surface area contributed by atoms with Gasteiger partial charge in [-0.25, -0.2) is 0 Å². The van der Waals surface area contributed by atoms with Crippen LogP contribution in [0.25, 0.3) is 6.08 Å². The van der Waals surface area contributed by atoms with Gasteiger partial charge in [-0.1, -0.05) is 43.2 Å². The zero-order chi connectivity index (χ0) is 16.4. The number of unbranched alkanes of at least 4 members (excludes halogenated alkanes) is 1. The summed E-state index contributed by atoms with van der Waals surface area (Å²) < 4.78 is 0. The van der Waals surface area contributed by atoms with Gasteiger partial charge in [-0.05, 0) is 25.0 Å². The number of carbonyl (C=O) groups excluding carboxylic acids is 1. The molecule has 0 amide bonds. The van der Waals surface area contributed by atoms with E-state index in [4.69, 9.17) is 5.11 Å². The predicted molar refractivity (Wildman–Crippen MR) is 88.6 cm³/mol. The number of benzene rings is 1. The molecule has 1 aromatic rings. The van der Waals surface area contributed by atoms with Crippen molar-refractivity contribution in [3.63, 3.8) is 0 Å². The molecule has 0 aliphatic carbocycles. The first-order valence-electron chi connectivity index (χ1n) is 7.76. The Hall–Kier alpha value is -2.10. The van der Waals surface area contributed by atoms with E-state index in [1.807, 2.05) is 6.92 Å². The van der Waals surface area contributed by atoms with Crippen molar-refractivity contribution in [2.45, 2.75) is 46.0 Å². The molecule has 0 radical (unpaired) electrons. The summed E-state index contributed by atoms with van der Waals surface area (Å²) in [4.78, 5) is 21.0. The van der Waals surface area contributed by atoms with Gasteiger partial charge >= 0.3 is 5.97 Å². The molecule has 1 saturated heterocycles. The smallest absolute Gasteiger partial charge is 0.303 e. The van der Waals surface area contributed by atoms with Gasteiger partial charge in [0.15, 0.2) is 0 Å². The number of Topliss-reactive ketones (excluding diaryl/α,β-unsaturated/α-hetero) is 1. The van der Waals surface area contributed by atoms with Gasteiger partial charge in [0, 0.05) is 31.5 Å². The Labute approximate surface area is 132 Å². The Morgan fingerprint density at radius 3 is 2.50 bits per heavy atom. The lowest BCUT2D eigenvalue weighted by atomic mass is 10.1.